The van der Waals surface area contributed by atoms with Crippen LogP contribution in [0.2, 0.25) is 0 Å². The molecule has 2 heteroatoms. The van der Waals surface area contributed by atoms with Crippen LogP contribution in [0.15, 0.2) is 24.3 Å². The van der Waals surface area contributed by atoms with Gasteiger partial charge in [0.15, 0.2) is 0 Å². The van der Waals surface area contributed by atoms with E-state index in [1.807, 2.05) is 12.1 Å². The van der Waals surface area contributed by atoms with Gasteiger partial charge in [-0.15, -0.1) is 0 Å². The number of hydrogen-bond donors (Lipinski definition) is 1. The molecule has 2 fully saturated rings. The quantitative estimate of drug-likeness (QED) is 0.857. The highest BCUT2D eigenvalue weighted by molar-refractivity contribution is 5.24. The monoisotopic (exact) mass is 275 g/mol. The number of rotatable bonds is 3. The Kier molecular flexibility index (Phi) is 4.11. The highest BCUT2D eigenvalue weighted by Crippen LogP contribution is 2.39. The largest absolute Gasteiger partial charge is 0.311 e. The molecule has 2 aliphatic carbocycles. The molecule has 110 valence electrons. The van der Waals surface area contributed by atoms with E-state index >= 15 is 0 Å². The molecule has 0 aliphatic heterocycles. The third kappa shape index (κ3) is 2.90. The van der Waals surface area contributed by atoms with Gasteiger partial charge in [0.2, 0.25) is 0 Å². The van der Waals surface area contributed by atoms with E-state index in [4.69, 9.17) is 0 Å². The summed E-state index contributed by atoms with van der Waals surface area (Å²) in [5, 5.41) is 3.82. The number of benzene rings is 1. The summed E-state index contributed by atoms with van der Waals surface area (Å²) in [5.74, 6) is 2.06. The van der Waals surface area contributed by atoms with Crippen LogP contribution >= 0.6 is 0 Å². The molecule has 3 unspecified atom stereocenters. The van der Waals surface area contributed by atoms with Crippen molar-refractivity contribution in [3.63, 3.8) is 0 Å². The predicted molar refractivity (Wildman–Crippen MR) is 81.3 cm³/mol. The fraction of sp³-hybridized carbons (Fsp3) is 0.667. The molecule has 1 N–H and O–H groups in total. The molecule has 1 aromatic carbocycles. The summed E-state index contributed by atoms with van der Waals surface area (Å²) in [6, 6.07) is 8.53. The molecule has 2 saturated carbocycles. The molecule has 0 aromatic heterocycles. The van der Waals surface area contributed by atoms with Gasteiger partial charge in [0.25, 0.3) is 0 Å². The summed E-state index contributed by atoms with van der Waals surface area (Å²) >= 11 is 0. The van der Waals surface area contributed by atoms with Crippen LogP contribution in [0.3, 0.4) is 0 Å². The molecule has 0 radical (unpaired) electrons. The van der Waals surface area contributed by atoms with Gasteiger partial charge in [0, 0.05) is 12.1 Å². The molecular formula is C18H26FN. The predicted octanol–water partition coefficient (Wildman–Crippen LogP) is 4.49. The standard InChI is InChI=1S/C18H26FN/c1-12-7-8-18(13(2)9-12)20-15-10-14(11-15)16-5-3-4-6-17(16)19/h3-6,12-15,18,20H,7-11H2,1-2H3. The van der Waals surface area contributed by atoms with Gasteiger partial charge in [-0.25, -0.2) is 4.39 Å². The lowest BCUT2D eigenvalue weighted by molar-refractivity contribution is 0.175. The highest BCUT2D eigenvalue weighted by atomic mass is 19.1. The Morgan fingerprint density at radius 1 is 1.05 bits per heavy atom. The molecule has 2 aliphatic rings. The Morgan fingerprint density at radius 2 is 1.80 bits per heavy atom. The first-order valence-electron chi connectivity index (χ1n) is 8.14. The fourth-order valence-corrected chi connectivity index (χ4v) is 4.03. The zero-order chi connectivity index (χ0) is 14.1. The number of hydrogen-bond acceptors (Lipinski definition) is 1. The van der Waals surface area contributed by atoms with Crippen molar-refractivity contribution in [1.82, 2.24) is 5.32 Å². The Balaban J connectivity index is 1.50. The van der Waals surface area contributed by atoms with Crippen molar-refractivity contribution in [2.45, 2.75) is 64.0 Å². The average Bonchev–Trinajstić information content (AvgIpc) is 2.37. The van der Waals surface area contributed by atoms with E-state index in [0.29, 0.717) is 18.0 Å². The second kappa shape index (κ2) is 5.85. The second-order valence-corrected chi connectivity index (χ2v) is 7.06. The molecule has 3 atom stereocenters. The first-order valence-corrected chi connectivity index (χ1v) is 8.14. The second-order valence-electron chi connectivity index (χ2n) is 7.06. The van der Waals surface area contributed by atoms with Gasteiger partial charge in [0.1, 0.15) is 5.82 Å². The number of nitrogens with one attached hydrogen (secondary N) is 1. The van der Waals surface area contributed by atoms with Crippen LogP contribution < -0.4 is 5.32 Å². The van der Waals surface area contributed by atoms with E-state index in [0.717, 1.165) is 30.2 Å². The zero-order valence-electron chi connectivity index (χ0n) is 12.6. The lowest BCUT2D eigenvalue weighted by atomic mass is 9.73. The molecule has 3 rings (SSSR count). The van der Waals surface area contributed by atoms with Gasteiger partial charge >= 0.3 is 0 Å². The van der Waals surface area contributed by atoms with Crippen molar-refractivity contribution in [1.29, 1.82) is 0 Å². The fourth-order valence-electron chi connectivity index (χ4n) is 4.03. The van der Waals surface area contributed by atoms with Crippen molar-refractivity contribution in [3.05, 3.63) is 35.6 Å². The molecule has 0 spiro atoms. The molecule has 20 heavy (non-hydrogen) atoms. The van der Waals surface area contributed by atoms with Crippen molar-refractivity contribution in [2.24, 2.45) is 11.8 Å². The van der Waals surface area contributed by atoms with Crippen LogP contribution in [0.4, 0.5) is 4.39 Å². The third-order valence-electron chi connectivity index (χ3n) is 5.36. The van der Waals surface area contributed by atoms with Crippen LogP contribution in [0.5, 0.6) is 0 Å². The molecule has 0 amide bonds. The van der Waals surface area contributed by atoms with E-state index in [9.17, 15) is 4.39 Å². The summed E-state index contributed by atoms with van der Waals surface area (Å²) in [6.07, 6.45) is 6.20. The summed E-state index contributed by atoms with van der Waals surface area (Å²) in [6.45, 7) is 4.74. The van der Waals surface area contributed by atoms with E-state index < -0.39 is 0 Å². The molecule has 1 aromatic rings. The summed E-state index contributed by atoms with van der Waals surface area (Å²) in [7, 11) is 0. The SMILES string of the molecule is CC1CCC(NC2CC(c3ccccc3F)C2)C(C)C1. The average molecular weight is 275 g/mol. The lowest BCUT2D eigenvalue weighted by Crippen LogP contribution is -2.49. The zero-order valence-corrected chi connectivity index (χ0v) is 12.6. The van der Waals surface area contributed by atoms with E-state index in [1.54, 1.807) is 12.1 Å². The summed E-state index contributed by atoms with van der Waals surface area (Å²) in [4.78, 5) is 0. The molecule has 1 nitrogen and oxygen atoms in total. The van der Waals surface area contributed by atoms with Gasteiger partial charge in [-0.3, -0.25) is 0 Å². The summed E-state index contributed by atoms with van der Waals surface area (Å²) < 4.78 is 13.7. The van der Waals surface area contributed by atoms with Crippen LogP contribution in [0, 0.1) is 17.7 Å². The van der Waals surface area contributed by atoms with Gasteiger partial charge in [-0.2, -0.15) is 0 Å². The lowest BCUT2D eigenvalue weighted by Gasteiger charge is -2.42. The van der Waals surface area contributed by atoms with Crippen molar-refractivity contribution in [2.75, 3.05) is 0 Å². The van der Waals surface area contributed by atoms with E-state index in [1.165, 1.54) is 19.3 Å². The Hall–Kier alpha value is -0.890. The van der Waals surface area contributed by atoms with Crippen LogP contribution in [0.1, 0.15) is 57.4 Å². The van der Waals surface area contributed by atoms with E-state index in [2.05, 4.69) is 19.2 Å². The van der Waals surface area contributed by atoms with E-state index in [-0.39, 0.29) is 5.82 Å². The number of halogens is 1. The first-order chi connectivity index (χ1) is 9.63. The normalized spacial score (nSPS) is 37.5. The summed E-state index contributed by atoms with van der Waals surface area (Å²) in [5.41, 5.74) is 0.913. The van der Waals surface area contributed by atoms with Crippen LogP contribution in [-0.2, 0) is 0 Å². The minimum absolute atomic E-state index is 0.0317. The van der Waals surface area contributed by atoms with Gasteiger partial charge in [-0.1, -0.05) is 32.0 Å². The molecule has 0 bridgehead atoms. The minimum atomic E-state index is -0.0317. The third-order valence-corrected chi connectivity index (χ3v) is 5.36. The maximum atomic E-state index is 13.7. The van der Waals surface area contributed by atoms with Gasteiger partial charge in [0.05, 0.1) is 0 Å². The smallest absolute Gasteiger partial charge is 0.126 e. The minimum Gasteiger partial charge on any atom is -0.311 e. The van der Waals surface area contributed by atoms with Gasteiger partial charge < -0.3 is 5.32 Å². The molecule has 0 heterocycles. The van der Waals surface area contributed by atoms with Crippen LogP contribution in [-0.4, -0.2) is 12.1 Å². The maximum Gasteiger partial charge on any atom is 0.126 e. The molecule has 0 saturated heterocycles. The first kappa shape index (κ1) is 14.1. The van der Waals surface area contributed by atoms with Crippen molar-refractivity contribution >= 4 is 0 Å². The Labute approximate surface area is 122 Å². The van der Waals surface area contributed by atoms with Crippen molar-refractivity contribution < 1.29 is 4.39 Å². The van der Waals surface area contributed by atoms with Crippen LogP contribution in [0.25, 0.3) is 0 Å². The van der Waals surface area contributed by atoms with Gasteiger partial charge in [-0.05, 0) is 61.5 Å². The highest BCUT2D eigenvalue weighted by Gasteiger charge is 2.35. The maximum absolute atomic E-state index is 13.7. The van der Waals surface area contributed by atoms with Crippen molar-refractivity contribution in [3.8, 4) is 0 Å². The Bertz CT molecular complexity index is 452. The molecular weight excluding hydrogens is 249 g/mol. The Morgan fingerprint density at radius 3 is 2.50 bits per heavy atom. The topological polar surface area (TPSA) is 12.0 Å².